The number of aromatic nitrogens is 2. The average Bonchev–Trinajstić information content (AvgIpc) is 3.04. The summed E-state index contributed by atoms with van der Waals surface area (Å²) in [5.41, 5.74) is 3.18. The number of benzene rings is 2. The van der Waals surface area contributed by atoms with Gasteiger partial charge in [0.2, 0.25) is 0 Å². The van der Waals surface area contributed by atoms with Crippen molar-refractivity contribution in [2.75, 3.05) is 33.0 Å². The zero-order chi connectivity index (χ0) is 30.4. The van der Waals surface area contributed by atoms with Crippen molar-refractivity contribution < 1.29 is 28.8 Å². The Labute approximate surface area is 255 Å². The molecule has 0 amide bonds. The standard InChI is InChI=1S/C35H44N2O6/c1-3-21-42-43-25-12-8-7-10-22-39-32-17-13-29(14-18-32)26-30-27-36-35(37-28-30)31-15-19-33(20-16-31)40-23-9-5-6-11-24-41-34(38)4-2/h3-4,13-20,27-28H,1-2,5-12,21-26H2. The van der Waals surface area contributed by atoms with E-state index in [1.807, 2.05) is 48.8 Å². The molecule has 0 saturated carbocycles. The van der Waals surface area contributed by atoms with E-state index in [2.05, 4.69) is 35.3 Å². The third kappa shape index (κ3) is 14.1. The molecule has 43 heavy (non-hydrogen) atoms. The summed E-state index contributed by atoms with van der Waals surface area (Å²) in [7, 11) is 0. The molecule has 0 bridgehead atoms. The summed E-state index contributed by atoms with van der Waals surface area (Å²) in [6.07, 6.45) is 15.3. The molecule has 2 aromatic carbocycles. The van der Waals surface area contributed by atoms with E-state index in [0.717, 1.165) is 80.4 Å². The lowest BCUT2D eigenvalue weighted by molar-refractivity contribution is -0.286. The van der Waals surface area contributed by atoms with Crippen LogP contribution in [0, 0.1) is 0 Å². The number of unbranched alkanes of at least 4 members (excludes halogenated alkanes) is 6. The van der Waals surface area contributed by atoms with Crippen LogP contribution in [-0.2, 0) is 25.7 Å². The first-order chi connectivity index (χ1) is 21.2. The van der Waals surface area contributed by atoms with Crippen LogP contribution in [0.15, 0.2) is 86.2 Å². The molecule has 0 aliphatic rings. The summed E-state index contributed by atoms with van der Waals surface area (Å²) in [4.78, 5) is 30.1. The summed E-state index contributed by atoms with van der Waals surface area (Å²) in [6, 6.07) is 16.1. The Morgan fingerprint density at radius 1 is 0.651 bits per heavy atom. The maximum atomic E-state index is 11.0. The van der Waals surface area contributed by atoms with Crippen LogP contribution in [0.4, 0.5) is 0 Å². The van der Waals surface area contributed by atoms with Gasteiger partial charge in [0, 0.05) is 30.5 Å². The van der Waals surface area contributed by atoms with E-state index in [4.69, 9.17) is 24.0 Å². The Bertz CT molecular complexity index is 1200. The van der Waals surface area contributed by atoms with Gasteiger partial charge in [-0.1, -0.05) is 31.2 Å². The van der Waals surface area contributed by atoms with E-state index in [-0.39, 0.29) is 5.97 Å². The monoisotopic (exact) mass is 588 g/mol. The summed E-state index contributed by atoms with van der Waals surface area (Å²) < 4.78 is 16.7. The van der Waals surface area contributed by atoms with Gasteiger partial charge in [0.1, 0.15) is 18.1 Å². The predicted octanol–water partition coefficient (Wildman–Crippen LogP) is 7.48. The van der Waals surface area contributed by atoms with Crippen LogP contribution in [0.5, 0.6) is 11.5 Å². The SMILES string of the molecule is C=CCOOCCCCCCOc1ccc(Cc2cnc(-c3ccc(OCCCCCCOC(=O)C=C)cc3)nc2)cc1. The molecule has 0 aliphatic heterocycles. The molecule has 0 N–H and O–H groups in total. The van der Waals surface area contributed by atoms with Crippen LogP contribution in [0.2, 0.25) is 0 Å². The minimum atomic E-state index is -0.367. The molecule has 1 aromatic heterocycles. The van der Waals surface area contributed by atoms with Gasteiger partial charge in [-0.25, -0.2) is 24.5 Å². The lowest BCUT2D eigenvalue weighted by Gasteiger charge is -2.08. The average molecular weight is 589 g/mol. The number of esters is 1. The van der Waals surface area contributed by atoms with E-state index in [1.54, 1.807) is 6.08 Å². The first kappa shape index (κ1) is 33.5. The zero-order valence-corrected chi connectivity index (χ0v) is 25.1. The summed E-state index contributed by atoms with van der Waals surface area (Å²) in [5, 5.41) is 0. The fourth-order valence-electron chi connectivity index (χ4n) is 4.18. The van der Waals surface area contributed by atoms with Gasteiger partial charge in [-0.05, 0) is 92.5 Å². The van der Waals surface area contributed by atoms with Crippen molar-refractivity contribution >= 4 is 5.97 Å². The highest BCUT2D eigenvalue weighted by molar-refractivity contribution is 5.81. The van der Waals surface area contributed by atoms with Crippen LogP contribution in [0.25, 0.3) is 11.4 Å². The number of carbonyl (C=O) groups excluding carboxylic acids is 1. The van der Waals surface area contributed by atoms with E-state index < -0.39 is 0 Å². The Morgan fingerprint density at radius 3 is 1.79 bits per heavy atom. The molecule has 0 atom stereocenters. The van der Waals surface area contributed by atoms with E-state index in [1.165, 1.54) is 11.6 Å². The Morgan fingerprint density at radius 2 is 1.21 bits per heavy atom. The van der Waals surface area contributed by atoms with E-state index in [0.29, 0.717) is 38.9 Å². The number of hydrogen-bond donors (Lipinski definition) is 0. The molecule has 0 radical (unpaired) electrons. The topological polar surface area (TPSA) is 89.0 Å². The molecule has 230 valence electrons. The lowest BCUT2D eigenvalue weighted by Crippen LogP contribution is -2.02. The first-order valence-electron chi connectivity index (χ1n) is 15.1. The third-order valence-electron chi connectivity index (χ3n) is 6.53. The highest BCUT2D eigenvalue weighted by Gasteiger charge is 2.05. The lowest BCUT2D eigenvalue weighted by atomic mass is 10.1. The maximum Gasteiger partial charge on any atom is 0.330 e. The van der Waals surface area contributed by atoms with Crippen LogP contribution < -0.4 is 9.47 Å². The molecule has 0 saturated heterocycles. The van der Waals surface area contributed by atoms with Gasteiger partial charge < -0.3 is 14.2 Å². The minimum Gasteiger partial charge on any atom is -0.494 e. The molecular weight excluding hydrogens is 544 g/mol. The smallest absolute Gasteiger partial charge is 0.330 e. The molecule has 8 nitrogen and oxygen atoms in total. The van der Waals surface area contributed by atoms with Gasteiger partial charge in [-0.15, -0.1) is 6.58 Å². The minimum absolute atomic E-state index is 0.367. The van der Waals surface area contributed by atoms with Gasteiger partial charge in [-0.3, -0.25) is 0 Å². The first-order valence-corrected chi connectivity index (χ1v) is 15.1. The van der Waals surface area contributed by atoms with Crippen molar-refractivity contribution in [2.24, 2.45) is 0 Å². The van der Waals surface area contributed by atoms with Gasteiger partial charge >= 0.3 is 5.97 Å². The van der Waals surface area contributed by atoms with Crippen molar-refractivity contribution in [1.29, 1.82) is 0 Å². The fraction of sp³-hybridized carbons (Fsp3) is 0.400. The second-order valence-corrected chi connectivity index (χ2v) is 10.1. The summed E-state index contributed by atoms with van der Waals surface area (Å²) >= 11 is 0. The van der Waals surface area contributed by atoms with Crippen molar-refractivity contribution in [3.63, 3.8) is 0 Å². The second-order valence-electron chi connectivity index (χ2n) is 10.1. The van der Waals surface area contributed by atoms with Crippen molar-refractivity contribution in [3.8, 4) is 22.9 Å². The summed E-state index contributed by atoms with van der Waals surface area (Å²) in [6.45, 7) is 9.77. The Kier molecular flexibility index (Phi) is 16.2. The molecule has 3 aromatic rings. The van der Waals surface area contributed by atoms with Gasteiger partial charge in [0.25, 0.3) is 0 Å². The van der Waals surface area contributed by atoms with E-state index in [9.17, 15) is 4.79 Å². The van der Waals surface area contributed by atoms with Crippen LogP contribution in [0.3, 0.4) is 0 Å². The molecule has 3 rings (SSSR count). The third-order valence-corrected chi connectivity index (χ3v) is 6.53. The zero-order valence-electron chi connectivity index (χ0n) is 25.1. The molecule has 0 unspecified atom stereocenters. The number of hydrogen-bond acceptors (Lipinski definition) is 8. The van der Waals surface area contributed by atoms with E-state index >= 15 is 0 Å². The molecule has 1 heterocycles. The highest BCUT2D eigenvalue weighted by Crippen LogP contribution is 2.21. The number of ether oxygens (including phenoxy) is 3. The maximum absolute atomic E-state index is 11.0. The number of carbonyl (C=O) groups is 1. The van der Waals surface area contributed by atoms with Gasteiger partial charge in [0.15, 0.2) is 5.82 Å². The van der Waals surface area contributed by atoms with Crippen LogP contribution in [-0.4, -0.2) is 49.0 Å². The highest BCUT2D eigenvalue weighted by atomic mass is 17.2. The molecule has 0 spiro atoms. The predicted molar refractivity (Wildman–Crippen MR) is 168 cm³/mol. The quantitative estimate of drug-likeness (QED) is 0.0281. The Hall–Kier alpha value is -4.01. The van der Waals surface area contributed by atoms with Crippen molar-refractivity contribution in [1.82, 2.24) is 9.97 Å². The van der Waals surface area contributed by atoms with Gasteiger partial charge in [0.05, 0.1) is 26.4 Å². The van der Waals surface area contributed by atoms with Crippen molar-refractivity contribution in [2.45, 2.75) is 57.8 Å². The molecule has 0 aliphatic carbocycles. The van der Waals surface area contributed by atoms with Crippen LogP contribution in [0.1, 0.15) is 62.5 Å². The van der Waals surface area contributed by atoms with Crippen molar-refractivity contribution in [3.05, 3.63) is 97.4 Å². The van der Waals surface area contributed by atoms with Crippen LogP contribution >= 0.6 is 0 Å². The molecule has 8 heteroatoms. The second kappa shape index (κ2) is 20.8. The Balaban J connectivity index is 1.29. The van der Waals surface area contributed by atoms with Gasteiger partial charge in [-0.2, -0.15) is 0 Å². The fourth-order valence-corrected chi connectivity index (χ4v) is 4.18. The number of rotatable bonds is 23. The largest absolute Gasteiger partial charge is 0.494 e. The molecule has 0 fully saturated rings. The normalized spacial score (nSPS) is 10.7. The number of nitrogens with zero attached hydrogens (tertiary/aromatic N) is 2. The summed E-state index contributed by atoms with van der Waals surface area (Å²) in [5.74, 6) is 2.02. The molecular formula is C35H44N2O6.